The highest BCUT2D eigenvalue weighted by Crippen LogP contribution is 2.44. The summed E-state index contributed by atoms with van der Waals surface area (Å²) >= 11 is 10.3. The van der Waals surface area contributed by atoms with Gasteiger partial charge in [0.1, 0.15) is 78.4 Å². The summed E-state index contributed by atoms with van der Waals surface area (Å²) in [6.45, 7) is 19.0. The SMILES string of the molecule is C=P(C)(C)CC[C@H]1O[C@@H](n2cc(CC(C)=O)c(=O)[nH]c2=O)[C@H](O)[C@@H]1O.C=P(C)(C)CC[C@H]1O[C@@H](n2cc(CC(C)=O)c(=O)[nH]c2=O)[C@H](O)[C@@H]1O.C=P(C)(C)CC[C@H]1O[C@@H](n2cc(CC(C)=O)c(=O)[nH]c2=S)[C@H](O)[C@@H]1O.C=P(C)(C)CC[C@H]1O[C@@H](n2cc(CNC)c(=O)[nH]c2=O)[C@H](O)[C@@H]1O.C=P(C)(C)CC[C@H]1O[C@@H](n2cc(CNC)c(=O)[nH]c2=S)[C@H](O)[C@@H]1O. The Kier molecular flexibility index (Phi) is 38.6. The highest BCUT2D eigenvalue weighted by Gasteiger charge is 2.49. The van der Waals surface area contributed by atoms with Crippen molar-refractivity contribution in [2.24, 2.45) is 0 Å². The lowest BCUT2D eigenvalue weighted by molar-refractivity contribution is -0.117. The van der Waals surface area contributed by atoms with Crippen LogP contribution in [0.4, 0.5) is 0 Å². The van der Waals surface area contributed by atoms with Crippen molar-refractivity contribution in [3.8, 4) is 0 Å². The molecule has 17 N–H and O–H groups in total. The Balaban J connectivity index is 0.000000238. The standard InChI is InChI=1S/2C16H25N2O6P.C16H25N2O5PS.C15H26N3O5P.C15H26N3O4PS/c2*1-9(19)7-10-8-18(16(23)17-14(10)22)15-13(21)12(20)11(24-15)5-6-25(2,3)4;1-9(19)7-10-8-18(16(25)17-14(10)22)15-13(21)12(20)11(23-15)5-6-24(2,3)4;1-16-7-9-8-18(15(22)17-13(9)21)14-12(20)11(19)10(23-14)5-6-24(2,3)4;1-16-7-9-8-18(15(24)17-13(9)21)14-12(20)11(19)10(22-14)5-6-23(2,3)4/h2*8,11-13,15,20-21H,2,5-7H2,1,3-4H3,(H,17,22,23);8,11-13,15,20-21H,2,5-7H2,1,3-4H3,(H,17,22,25);8,10-12,14,16,19-20H,2,5-7H2,1,3-4H3,(H,17,21,22);8,10-12,14,16,19-20H,2,5-7H2,1,3-4H3,(H,17,21,24)/t3*11-,12-,13-,15-;2*10-,11-,12-,14-/m11111/s1. The number of hydrogen-bond donors (Lipinski definition) is 17. The molecule has 0 radical (unpaired) electrons. The minimum atomic E-state index is -1.32. The van der Waals surface area contributed by atoms with Gasteiger partial charge in [0.15, 0.2) is 40.7 Å². The first kappa shape index (κ1) is 106. The van der Waals surface area contributed by atoms with E-state index in [0.717, 1.165) is 44.5 Å². The van der Waals surface area contributed by atoms with Crippen LogP contribution < -0.4 is 55.5 Å². The zero-order valence-corrected chi connectivity index (χ0v) is 78.5. The summed E-state index contributed by atoms with van der Waals surface area (Å²) in [6.07, 6.45) is 14.4. The van der Waals surface area contributed by atoms with Gasteiger partial charge in [-0.25, -0.2) is 14.4 Å². The van der Waals surface area contributed by atoms with E-state index in [1.807, 2.05) is 0 Å². The minimum Gasteiger partial charge on any atom is -0.388 e. The fraction of sp³-hybridized carbons (Fsp3) is 0.641. The Morgan fingerprint density at radius 2 is 0.512 bits per heavy atom. The summed E-state index contributed by atoms with van der Waals surface area (Å²) in [4.78, 5) is 141. The third-order valence-corrected chi connectivity index (χ3v) is 28.4. The Morgan fingerprint density at radius 3 is 0.724 bits per heavy atom. The molecule has 10 rings (SSSR count). The highest BCUT2D eigenvalue weighted by molar-refractivity contribution is 7.73. The van der Waals surface area contributed by atoms with Gasteiger partial charge in [0.2, 0.25) is 0 Å². The Labute approximate surface area is 722 Å². The summed E-state index contributed by atoms with van der Waals surface area (Å²) in [7, 11) is 3.41. The molecule has 20 atom stereocenters. The van der Waals surface area contributed by atoms with Crippen LogP contribution in [-0.4, -0.2) is 351 Å². The number of aliphatic hydroxyl groups excluding tert-OH is 10. The number of nitrogens with zero attached hydrogens (tertiary/aromatic N) is 5. The second-order valence-electron chi connectivity index (χ2n) is 35.3. The van der Waals surface area contributed by atoms with E-state index in [4.69, 9.17) is 48.1 Å². The van der Waals surface area contributed by atoms with Crippen LogP contribution in [0.2, 0.25) is 0 Å². The van der Waals surface area contributed by atoms with Crippen molar-refractivity contribution >= 4 is 108 Å². The van der Waals surface area contributed by atoms with E-state index in [-0.39, 0.29) is 74.9 Å². The minimum absolute atomic E-state index is 0.0417. The molecule has 0 amide bonds. The van der Waals surface area contributed by atoms with Crippen LogP contribution in [0.25, 0.3) is 0 Å². The van der Waals surface area contributed by atoms with Crippen LogP contribution in [0.3, 0.4) is 0 Å². The second-order valence-corrected chi connectivity index (χ2v) is 57.6. The van der Waals surface area contributed by atoms with E-state index < -0.39 is 196 Å². The average molecular weight is 1870 g/mol. The number of aromatic amines is 5. The lowest BCUT2D eigenvalue weighted by Crippen LogP contribution is -2.39. The van der Waals surface area contributed by atoms with Crippen molar-refractivity contribution in [3.63, 3.8) is 0 Å². The van der Waals surface area contributed by atoms with Gasteiger partial charge in [-0.3, -0.25) is 86.1 Å². The molecule has 5 fully saturated rings. The number of Topliss-reactive ketones (excluding diaryl/α,β-unsaturated/α-hetero) is 3. The summed E-state index contributed by atoms with van der Waals surface area (Å²) in [5.41, 5.74) is -3.45. The molecule has 5 aliphatic heterocycles. The van der Waals surface area contributed by atoms with Gasteiger partial charge in [0.05, 0.1) is 30.5 Å². The summed E-state index contributed by atoms with van der Waals surface area (Å²) in [6, 6.07) is 0. The average Bonchev–Trinajstić information content (AvgIpc) is 1.70. The molecule has 5 aromatic heterocycles. The molecule has 0 spiro atoms. The van der Waals surface area contributed by atoms with Gasteiger partial charge in [-0.05, 0) is 189 Å². The Hall–Kier alpha value is -5.93. The summed E-state index contributed by atoms with van der Waals surface area (Å²) in [5.74, 6) is -0.632. The van der Waals surface area contributed by atoms with Gasteiger partial charge >= 0.3 is 17.1 Å². The predicted molar refractivity (Wildman–Crippen MR) is 491 cm³/mol. The fourth-order valence-electron chi connectivity index (χ4n) is 13.8. The zero-order valence-electron chi connectivity index (χ0n) is 72.4. The molecule has 0 unspecified atom stereocenters. The van der Waals surface area contributed by atoms with E-state index in [9.17, 15) is 104 Å². The van der Waals surface area contributed by atoms with Crippen molar-refractivity contribution in [2.45, 2.75) is 208 Å². The summed E-state index contributed by atoms with van der Waals surface area (Å²) < 4.78 is 35.1. The number of aromatic nitrogens is 10. The van der Waals surface area contributed by atoms with Gasteiger partial charge in [0, 0.05) is 91.2 Å². The van der Waals surface area contributed by atoms with Crippen LogP contribution in [0.15, 0.2) is 69.3 Å². The maximum Gasteiger partial charge on any atom is 0.330 e. The molecule has 10 heterocycles. The van der Waals surface area contributed by atoms with E-state index in [1.54, 1.807) is 20.3 Å². The topological polar surface area (TPSA) is 564 Å². The first-order valence-corrected chi connectivity index (χ1v) is 55.8. The maximum atomic E-state index is 12.1. The fourth-order valence-corrected chi connectivity index (χ4v) is 19.0. The molecule has 123 heavy (non-hydrogen) atoms. The van der Waals surface area contributed by atoms with Crippen molar-refractivity contribution in [1.82, 2.24) is 58.4 Å². The number of H-pyrrole nitrogens is 5. The number of nitrogens with one attached hydrogen (secondary N) is 7. The Bertz CT molecular complexity index is 4990. The second kappa shape index (κ2) is 44.9. The van der Waals surface area contributed by atoms with E-state index in [0.29, 0.717) is 49.8 Å². The van der Waals surface area contributed by atoms with E-state index in [2.05, 4.69) is 134 Å². The molecule has 38 nitrogen and oxygen atoms in total. The monoisotopic (exact) mass is 1870 g/mol. The van der Waals surface area contributed by atoms with Crippen LogP contribution in [0, 0.1) is 9.54 Å². The number of hydrogen-bond acceptors (Lipinski definition) is 30. The zero-order chi connectivity index (χ0) is 93.0. The molecule has 5 aromatic rings. The number of rotatable bonds is 30. The van der Waals surface area contributed by atoms with E-state index >= 15 is 0 Å². The Morgan fingerprint density at radius 1 is 0.333 bits per heavy atom. The van der Waals surface area contributed by atoms with Crippen LogP contribution >= 0.6 is 58.9 Å². The molecule has 45 heteroatoms. The number of aliphatic hydroxyl groups is 10. The molecular formula is C78H127N12O26P5S2. The van der Waals surface area contributed by atoms with Gasteiger partial charge < -0.3 is 85.4 Å². The highest BCUT2D eigenvalue weighted by atomic mass is 32.1. The normalized spacial score (nSPS) is 27.1. The third kappa shape index (κ3) is 30.6. The molecule has 0 bridgehead atoms. The van der Waals surface area contributed by atoms with Gasteiger partial charge in [0.25, 0.3) is 27.8 Å². The molecular weight excluding hydrogens is 1740 g/mol. The van der Waals surface area contributed by atoms with Crippen molar-refractivity contribution in [3.05, 3.63) is 152 Å². The largest absolute Gasteiger partial charge is 0.388 e. The summed E-state index contributed by atoms with van der Waals surface area (Å²) in [5, 5.41) is 109. The predicted octanol–water partition coefficient (Wildman–Crippen LogP) is -1.15. The van der Waals surface area contributed by atoms with Crippen LogP contribution in [0.5, 0.6) is 0 Å². The van der Waals surface area contributed by atoms with Crippen LogP contribution in [0.1, 0.15) is 112 Å². The number of carbonyl (C=O) groups excluding carboxylic acids is 3. The number of carbonyl (C=O) groups is 3. The molecule has 5 aliphatic rings. The lowest BCUT2D eigenvalue weighted by atomic mass is 10.1. The maximum absolute atomic E-state index is 12.1. The third-order valence-electron chi connectivity index (χ3n) is 20.4. The molecule has 0 aliphatic carbocycles. The quantitative estimate of drug-likeness (QED) is 0.0191. The van der Waals surface area contributed by atoms with Crippen molar-refractivity contribution < 1.29 is 89.1 Å². The number of ether oxygens (including phenoxy) is 5. The van der Waals surface area contributed by atoms with Gasteiger partial charge in [-0.15, -0.1) is 65.9 Å². The van der Waals surface area contributed by atoms with Gasteiger partial charge in [-0.2, -0.15) is 0 Å². The van der Waals surface area contributed by atoms with Gasteiger partial charge in [-0.1, -0.05) is 0 Å². The first-order chi connectivity index (χ1) is 56.7. The van der Waals surface area contributed by atoms with E-state index in [1.165, 1.54) is 54.7 Å². The molecule has 692 valence electrons. The van der Waals surface area contributed by atoms with Crippen molar-refractivity contribution in [1.29, 1.82) is 0 Å². The van der Waals surface area contributed by atoms with Crippen molar-refractivity contribution in [2.75, 3.05) is 112 Å². The number of ketones is 3. The lowest BCUT2D eigenvalue weighted by Gasteiger charge is -2.20. The smallest absolute Gasteiger partial charge is 0.330 e. The molecule has 0 aromatic carbocycles. The molecule has 5 saturated heterocycles. The van der Waals surface area contributed by atoms with Crippen LogP contribution in [-0.2, 0) is 70.4 Å². The first-order valence-electron chi connectivity index (χ1n) is 39.7. The molecule has 0 saturated carbocycles.